The van der Waals surface area contributed by atoms with Gasteiger partial charge in [0.25, 0.3) is 0 Å². The zero-order chi connectivity index (χ0) is 31.7. The molecule has 0 aliphatic carbocycles. The highest BCUT2D eigenvalue weighted by Gasteiger charge is 2.16. The van der Waals surface area contributed by atoms with Crippen molar-refractivity contribution in [2.75, 3.05) is 38.1 Å². The van der Waals surface area contributed by atoms with Gasteiger partial charge in [-0.3, -0.25) is 0 Å². The van der Waals surface area contributed by atoms with Gasteiger partial charge < -0.3 is 30.6 Å². The molecule has 4 rings (SSSR count). The molecule has 12 heteroatoms. The summed E-state index contributed by atoms with van der Waals surface area (Å²) in [6.45, 7) is 6.83. The van der Waals surface area contributed by atoms with E-state index in [1.54, 1.807) is 63.1 Å². The van der Waals surface area contributed by atoms with Crippen LogP contribution in [0, 0.1) is 22.7 Å². The largest absolute Gasteiger partial charge is 0.488 e. The maximum Gasteiger partial charge on any atom is 0.488 e. The van der Waals surface area contributed by atoms with Crippen molar-refractivity contribution >= 4 is 64.8 Å². The maximum atomic E-state index is 12.2. The van der Waals surface area contributed by atoms with Gasteiger partial charge in [-0.15, -0.1) is 0 Å². The van der Waals surface area contributed by atoms with Gasteiger partial charge in [0.05, 0.1) is 23.3 Å². The van der Waals surface area contributed by atoms with Crippen LogP contribution >= 0.6 is 30.2 Å². The summed E-state index contributed by atoms with van der Waals surface area (Å²) in [5.74, 6) is 0. The monoisotopic (exact) mass is 696 g/mol. The number of nitrogens with zero attached hydrogens (tertiary/aromatic N) is 2. The standard InChI is InChI=1S/C15H15N2OP.C8H11BrNOP.C7H6BNO2.2CH4/c1-19(2,18)15-9-13(6-7-14(15)17)12-5-3-4-11(8-12)10-16;1-12(2,11)8-5-6(9)3-4-7(8)10;9-5-6-2-1-3-7(4-6)8(10)11;;/h3-9H,17H2,1-2H3;3-5H,10H2,1-2H3;1-4,10-11H;2*1H4. The third-order valence-corrected chi connectivity index (χ3v) is 9.41. The molecule has 8 nitrogen and oxygen atoms in total. The third kappa shape index (κ3) is 12.2. The number of halogens is 1. The molecule has 0 saturated carbocycles. The van der Waals surface area contributed by atoms with Gasteiger partial charge in [-0.2, -0.15) is 10.5 Å². The minimum absolute atomic E-state index is 0. The average Bonchev–Trinajstić information content (AvgIpc) is 2.94. The van der Waals surface area contributed by atoms with Gasteiger partial charge in [-0.05, 0) is 97.8 Å². The van der Waals surface area contributed by atoms with E-state index < -0.39 is 21.4 Å². The normalized spacial score (nSPS) is 10.1. The van der Waals surface area contributed by atoms with E-state index in [1.165, 1.54) is 6.07 Å². The summed E-state index contributed by atoms with van der Waals surface area (Å²) in [5, 5.41) is 36.2. The number of nitriles is 2. The first-order valence-corrected chi connectivity index (χ1v) is 18.5. The Labute approximate surface area is 270 Å². The number of nitrogens with two attached hydrogens (primary N) is 2. The maximum absolute atomic E-state index is 12.2. The lowest BCUT2D eigenvalue weighted by Crippen LogP contribution is -2.29. The Morgan fingerprint density at radius 1 is 0.682 bits per heavy atom. The fourth-order valence-electron chi connectivity index (χ4n) is 3.71. The zero-order valence-electron chi connectivity index (χ0n) is 23.7. The topological polar surface area (TPSA) is 174 Å². The molecule has 0 heterocycles. The van der Waals surface area contributed by atoms with Gasteiger partial charge in [0.15, 0.2) is 0 Å². The van der Waals surface area contributed by atoms with Gasteiger partial charge in [0, 0.05) is 26.5 Å². The van der Waals surface area contributed by atoms with Crippen LogP contribution in [0.5, 0.6) is 0 Å². The number of hydrogen-bond acceptors (Lipinski definition) is 8. The molecule has 0 aromatic heterocycles. The Morgan fingerprint density at radius 2 is 1.14 bits per heavy atom. The third-order valence-electron chi connectivity index (χ3n) is 5.82. The van der Waals surface area contributed by atoms with Crippen LogP contribution in [0.4, 0.5) is 11.4 Å². The molecule has 0 unspecified atom stereocenters. The summed E-state index contributed by atoms with van der Waals surface area (Å²) >= 11 is 3.31. The minimum atomic E-state index is -2.41. The van der Waals surface area contributed by atoms with Crippen molar-refractivity contribution in [1.82, 2.24) is 0 Å². The number of rotatable bonds is 4. The van der Waals surface area contributed by atoms with Crippen LogP contribution in [0.15, 0.2) is 89.4 Å². The van der Waals surface area contributed by atoms with E-state index in [2.05, 4.69) is 22.0 Å². The van der Waals surface area contributed by atoms with Crippen molar-refractivity contribution < 1.29 is 19.2 Å². The highest BCUT2D eigenvalue weighted by atomic mass is 79.9. The van der Waals surface area contributed by atoms with Crippen LogP contribution in [0.2, 0.25) is 0 Å². The molecule has 0 fully saturated rings. The van der Waals surface area contributed by atoms with E-state index in [0.717, 1.165) is 20.9 Å². The predicted molar refractivity (Wildman–Crippen MR) is 192 cm³/mol. The summed E-state index contributed by atoms with van der Waals surface area (Å²) in [7, 11) is -6.15. The van der Waals surface area contributed by atoms with Crippen LogP contribution in [-0.4, -0.2) is 43.8 Å². The number of nitrogen functional groups attached to an aromatic ring is 2. The summed E-state index contributed by atoms with van der Waals surface area (Å²) in [5.41, 5.74) is 15.9. The fourth-order valence-corrected chi connectivity index (χ4v) is 6.54. The zero-order valence-corrected chi connectivity index (χ0v) is 27.1. The molecule has 0 aliphatic heterocycles. The molecule has 0 bridgehead atoms. The lowest BCUT2D eigenvalue weighted by molar-refractivity contribution is 0.425. The van der Waals surface area contributed by atoms with E-state index in [0.29, 0.717) is 33.3 Å². The molecular weight excluding hydrogens is 657 g/mol. The fraction of sp³-hybridized carbons (Fsp3) is 0.188. The molecule has 4 aromatic rings. The lowest BCUT2D eigenvalue weighted by atomic mass is 9.80. The van der Waals surface area contributed by atoms with E-state index in [4.69, 9.17) is 32.0 Å². The number of anilines is 2. The van der Waals surface area contributed by atoms with Gasteiger partial charge in [-0.1, -0.05) is 61.1 Å². The Morgan fingerprint density at radius 3 is 1.61 bits per heavy atom. The molecular formula is C32H40BBrN4O4P2. The van der Waals surface area contributed by atoms with E-state index in [9.17, 15) is 9.13 Å². The summed E-state index contributed by atoms with van der Waals surface area (Å²) in [6, 6.07) is 28.4. The van der Waals surface area contributed by atoms with Crippen LogP contribution < -0.4 is 27.5 Å². The first kappa shape index (κ1) is 40.4. The predicted octanol–water partition coefficient (Wildman–Crippen LogP) is 5.85. The van der Waals surface area contributed by atoms with Gasteiger partial charge >= 0.3 is 7.12 Å². The highest BCUT2D eigenvalue weighted by Crippen LogP contribution is 2.39. The molecule has 0 spiro atoms. The second-order valence-electron chi connectivity index (χ2n) is 9.98. The molecule has 44 heavy (non-hydrogen) atoms. The minimum Gasteiger partial charge on any atom is -0.423 e. The lowest BCUT2D eigenvalue weighted by Gasteiger charge is -2.12. The Balaban J connectivity index is 0.000000649. The van der Waals surface area contributed by atoms with Crippen molar-refractivity contribution in [2.45, 2.75) is 14.9 Å². The van der Waals surface area contributed by atoms with Crippen molar-refractivity contribution in [2.24, 2.45) is 0 Å². The number of benzene rings is 4. The molecule has 0 atom stereocenters. The second-order valence-corrected chi connectivity index (χ2v) is 17.3. The molecule has 4 aromatic carbocycles. The average molecular weight is 697 g/mol. The molecule has 232 valence electrons. The first-order valence-electron chi connectivity index (χ1n) is 12.5. The molecule has 0 saturated heterocycles. The summed E-state index contributed by atoms with van der Waals surface area (Å²) in [6.07, 6.45) is 0. The highest BCUT2D eigenvalue weighted by molar-refractivity contribution is 9.10. The van der Waals surface area contributed by atoms with E-state index >= 15 is 0 Å². The summed E-state index contributed by atoms with van der Waals surface area (Å²) < 4.78 is 24.8. The second kappa shape index (κ2) is 17.6. The molecule has 0 radical (unpaired) electrons. The number of hydrogen-bond donors (Lipinski definition) is 4. The molecule has 6 N–H and O–H groups in total. The first-order chi connectivity index (χ1) is 19.6. The quantitative estimate of drug-likeness (QED) is 0.117. The smallest absolute Gasteiger partial charge is 0.423 e. The van der Waals surface area contributed by atoms with Crippen LogP contribution in [0.25, 0.3) is 11.1 Å². The van der Waals surface area contributed by atoms with Gasteiger partial charge in [0.1, 0.15) is 14.3 Å². The van der Waals surface area contributed by atoms with Crippen molar-refractivity contribution in [1.29, 1.82) is 10.5 Å². The van der Waals surface area contributed by atoms with Crippen molar-refractivity contribution in [3.05, 3.63) is 101 Å². The van der Waals surface area contributed by atoms with Gasteiger partial charge in [0.2, 0.25) is 0 Å². The van der Waals surface area contributed by atoms with Gasteiger partial charge in [-0.25, -0.2) is 0 Å². The van der Waals surface area contributed by atoms with Crippen molar-refractivity contribution in [3.8, 4) is 23.3 Å². The van der Waals surface area contributed by atoms with Crippen LogP contribution in [0.3, 0.4) is 0 Å². The van der Waals surface area contributed by atoms with Crippen LogP contribution in [-0.2, 0) is 9.13 Å². The Kier molecular flexibility index (Phi) is 16.2. The summed E-state index contributed by atoms with van der Waals surface area (Å²) in [4.78, 5) is 0. The molecule has 0 aliphatic rings. The Bertz CT molecular complexity index is 1740. The SMILES string of the molecule is C.C.CP(C)(=O)c1cc(-c2cccc(C#N)c2)ccc1N.CP(C)(=O)c1cc(Br)ccc1N.N#Cc1cccc(B(O)O)c1. The van der Waals surface area contributed by atoms with E-state index in [-0.39, 0.29) is 14.9 Å². The molecule has 0 amide bonds. The van der Waals surface area contributed by atoms with E-state index in [1.807, 2.05) is 48.5 Å². The Hall–Kier alpha value is -3.62. The van der Waals surface area contributed by atoms with Crippen LogP contribution in [0.1, 0.15) is 26.0 Å². The van der Waals surface area contributed by atoms with Crippen molar-refractivity contribution in [3.63, 3.8) is 0 Å².